The molecular formula is C12H14Br2N4O3. The number of aromatic nitrogens is 4. The molecule has 0 aliphatic heterocycles. The molecule has 21 heavy (non-hydrogen) atoms. The minimum absolute atomic E-state index is 0.143. The highest BCUT2D eigenvalue weighted by molar-refractivity contribution is 9.11. The van der Waals surface area contributed by atoms with Gasteiger partial charge < -0.3 is 4.74 Å². The van der Waals surface area contributed by atoms with Gasteiger partial charge in [0.15, 0.2) is 5.52 Å². The van der Waals surface area contributed by atoms with E-state index in [2.05, 4.69) is 42.1 Å². The molecule has 0 N–H and O–H groups in total. The highest BCUT2D eigenvalue weighted by Crippen LogP contribution is 2.27. The minimum atomic E-state index is -0.511. The second-order valence-electron chi connectivity index (χ2n) is 4.65. The number of fused-ring (bicyclic) bond motifs is 1. The Kier molecular flexibility index (Phi) is 4.82. The van der Waals surface area contributed by atoms with Crippen molar-refractivity contribution in [1.82, 2.24) is 19.4 Å². The van der Waals surface area contributed by atoms with E-state index < -0.39 is 11.5 Å². The Morgan fingerprint density at radius 2 is 2.00 bits per heavy atom. The Labute approximate surface area is 137 Å². The number of carbonyl (C=O) groups is 1. The van der Waals surface area contributed by atoms with Gasteiger partial charge in [-0.3, -0.25) is 9.59 Å². The monoisotopic (exact) mass is 420 g/mol. The van der Waals surface area contributed by atoms with Crippen LogP contribution in [0.25, 0.3) is 5.52 Å². The van der Waals surface area contributed by atoms with Gasteiger partial charge >= 0.3 is 5.97 Å². The van der Waals surface area contributed by atoms with E-state index in [4.69, 9.17) is 4.74 Å². The summed E-state index contributed by atoms with van der Waals surface area (Å²) in [6.07, 6.45) is 0. The van der Waals surface area contributed by atoms with Gasteiger partial charge in [0.1, 0.15) is 6.54 Å². The Bertz CT molecular complexity index is 751. The fourth-order valence-corrected chi connectivity index (χ4v) is 3.17. The van der Waals surface area contributed by atoms with Crippen molar-refractivity contribution in [3.05, 3.63) is 25.3 Å². The van der Waals surface area contributed by atoms with Crippen molar-refractivity contribution >= 4 is 43.3 Å². The molecule has 0 unspecified atom stereocenters. The van der Waals surface area contributed by atoms with E-state index in [0.717, 1.165) is 10.4 Å². The predicted octanol–water partition coefficient (Wildman–Crippen LogP) is 2.10. The largest absolute Gasteiger partial charge is 0.465 e. The summed E-state index contributed by atoms with van der Waals surface area (Å²) in [7, 11) is 0. The van der Waals surface area contributed by atoms with E-state index in [1.807, 2.05) is 13.8 Å². The lowest BCUT2D eigenvalue weighted by molar-refractivity contribution is -0.144. The number of esters is 1. The molecule has 0 spiro atoms. The standard InChI is InChI=1S/C12H14Br2N4O3/c1-4-21-7(19)5-17-11(20)10-8(13)9(6(2)3)15-18(10)12(14)16-17/h6H,4-5H2,1-3H3. The van der Waals surface area contributed by atoms with E-state index >= 15 is 0 Å². The summed E-state index contributed by atoms with van der Waals surface area (Å²) in [6, 6.07) is 0. The molecule has 9 heteroatoms. The van der Waals surface area contributed by atoms with Crippen LogP contribution in [-0.2, 0) is 16.1 Å². The average molecular weight is 422 g/mol. The van der Waals surface area contributed by atoms with Gasteiger partial charge in [0.05, 0.1) is 16.8 Å². The van der Waals surface area contributed by atoms with Crippen molar-refractivity contribution in [3.8, 4) is 0 Å². The molecule has 0 atom stereocenters. The van der Waals surface area contributed by atoms with Crippen LogP contribution >= 0.6 is 31.9 Å². The van der Waals surface area contributed by atoms with Gasteiger partial charge in [0.2, 0.25) is 4.73 Å². The van der Waals surface area contributed by atoms with Crippen LogP contribution in [0.15, 0.2) is 14.0 Å². The van der Waals surface area contributed by atoms with Crippen LogP contribution in [0.4, 0.5) is 0 Å². The summed E-state index contributed by atoms with van der Waals surface area (Å²) in [5.41, 5.74) is 0.686. The lowest BCUT2D eigenvalue weighted by Crippen LogP contribution is -2.29. The van der Waals surface area contributed by atoms with E-state index in [1.54, 1.807) is 6.92 Å². The van der Waals surface area contributed by atoms with Gasteiger partial charge in [-0.1, -0.05) is 13.8 Å². The van der Waals surface area contributed by atoms with Crippen LogP contribution < -0.4 is 5.56 Å². The number of hydrogen-bond acceptors (Lipinski definition) is 5. The second kappa shape index (κ2) is 6.27. The summed E-state index contributed by atoms with van der Waals surface area (Å²) in [4.78, 5) is 24.0. The van der Waals surface area contributed by atoms with Crippen LogP contribution in [0.5, 0.6) is 0 Å². The molecule has 0 amide bonds. The van der Waals surface area contributed by atoms with Crippen molar-refractivity contribution < 1.29 is 9.53 Å². The topological polar surface area (TPSA) is 78.5 Å². The van der Waals surface area contributed by atoms with Crippen molar-refractivity contribution in [3.63, 3.8) is 0 Å². The fourth-order valence-electron chi connectivity index (χ4n) is 1.85. The SMILES string of the molecule is CCOC(=O)Cn1nc(Br)n2nc(C(C)C)c(Br)c2c1=O. The first-order chi connectivity index (χ1) is 9.86. The van der Waals surface area contributed by atoms with Crippen molar-refractivity contribution in [2.24, 2.45) is 0 Å². The van der Waals surface area contributed by atoms with E-state index in [-0.39, 0.29) is 19.1 Å². The third-order valence-electron chi connectivity index (χ3n) is 2.80. The maximum absolute atomic E-state index is 12.5. The lowest BCUT2D eigenvalue weighted by atomic mass is 10.1. The molecule has 0 aromatic carbocycles. The average Bonchev–Trinajstić information content (AvgIpc) is 2.74. The molecule has 2 aromatic heterocycles. The highest BCUT2D eigenvalue weighted by Gasteiger charge is 2.21. The highest BCUT2D eigenvalue weighted by atomic mass is 79.9. The quantitative estimate of drug-likeness (QED) is 0.706. The summed E-state index contributed by atoms with van der Waals surface area (Å²) >= 11 is 6.67. The van der Waals surface area contributed by atoms with E-state index in [0.29, 0.717) is 14.7 Å². The summed E-state index contributed by atoms with van der Waals surface area (Å²) in [5, 5.41) is 8.40. The number of rotatable bonds is 4. The molecule has 114 valence electrons. The molecule has 0 bridgehead atoms. The molecule has 2 aromatic rings. The number of nitrogens with zero attached hydrogens (tertiary/aromatic N) is 4. The van der Waals surface area contributed by atoms with Gasteiger partial charge in [-0.25, -0.2) is 9.20 Å². The minimum Gasteiger partial charge on any atom is -0.465 e. The molecule has 0 radical (unpaired) electrons. The first-order valence-electron chi connectivity index (χ1n) is 6.37. The number of hydrogen-bond donors (Lipinski definition) is 0. The molecule has 7 nitrogen and oxygen atoms in total. The summed E-state index contributed by atoms with van der Waals surface area (Å²) < 4.78 is 8.28. The molecule has 2 rings (SSSR count). The van der Waals surface area contributed by atoms with Crippen molar-refractivity contribution in [2.45, 2.75) is 33.2 Å². The number of halogens is 2. The molecule has 0 aliphatic carbocycles. The van der Waals surface area contributed by atoms with Crippen LogP contribution in [0, 0.1) is 0 Å². The molecule has 0 fully saturated rings. The van der Waals surface area contributed by atoms with Crippen molar-refractivity contribution in [1.29, 1.82) is 0 Å². The van der Waals surface area contributed by atoms with Crippen LogP contribution in [0.3, 0.4) is 0 Å². The van der Waals surface area contributed by atoms with Crippen LogP contribution in [0.2, 0.25) is 0 Å². The smallest absolute Gasteiger partial charge is 0.327 e. The number of carbonyl (C=O) groups excluding carboxylic acids is 1. The molecule has 0 aliphatic rings. The van der Waals surface area contributed by atoms with Crippen LogP contribution in [-0.4, -0.2) is 32.0 Å². The Morgan fingerprint density at radius 1 is 1.33 bits per heavy atom. The normalized spacial score (nSPS) is 11.3. The molecule has 0 saturated heterocycles. The Balaban J connectivity index is 2.61. The third kappa shape index (κ3) is 3.03. The van der Waals surface area contributed by atoms with Gasteiger partial charge in [-0.05, 0) is 44.7 Å². The molecule has 2 heterocycles. The van der Waals surface area contributed by atoms with Gasteiger partial charge in [0, 0.05) is 0 Å². The zero-order chi connectivity index (χ0) is 15.7. The van der Waals surface area contributed by atoms with Gasteiger partial charge in [-0.15, -0.1) is 5.10 Å². The molecular weight excluding hydrogens is 408 g/mol. The lowest BCUT2D eigenvalue weighted by Gasteiger charge is -2.06. The Morgan fingerprint density at radius 3 is 2.57 bits per heavy atom. The zero-order valence-corrected chi connectivity index (χ0v) is 14.9. The zero-order valence-electron chi connectivity index (χ0n) is 11.8. The maximum atomic E-state index is 12.5. The number of ether oxygens (including phenoxy) is 1. The van der Waals surface area contributed by atoms with Crippen LogP contribution in [0.1, 0.15) is 32.4 Å². The maximum Gasteiger partial charge on any atom is 0.327 e. The first-order valence-corrected chi connectivity index (χ1v) is 7.95. The summed E-state index contributed by atoms with van der Waals surface area (Å²) in [5.74, 6) is -0.368. The van der Waals surface area contributed by atoms with Crippen molar-refractivity contribution in [2.75, 3.05) is 6.61 Å². The van der Waals surface area contributed by atoms with Gasteiger partial charge in [0.25, 0.3) is 5.56 Å². The fraction of sp³-hybridized carbons (Fsp3) is 0.500. The van der Waals surface area contributed by atoms with E-state index in [1.165, 1.54) is 4.52 Å². The second-order valence-corrected chi connectivity index (χ2v) is 6.15. The van der Waals surface area contributed by atoms with Gasteiger partial charge in [-0.2, -0.15) is 5.10 Å². The first kappa shape index (κ1) is 16.2. The predicted molar refractivity (Wildman–Crippen MR) is 83.4 cm³/mol. The summed E-state index contributed by atoms with van der Waals surface area (Å²) in [6.45, 7) is 5.67. The van der Waals surface area contributed by atoms with E-state index in [9.17, 15) is 9.59 Å². The Hall–Kier alpha value is -1.22. The third-order valence-corrected chi connectivity index (χ3v) is 4.07. The molecule has 0 saturated carbocycles.